The molecular weight excluding hydrogens is 354 g/mol. The lowest BCUT2D eigenvalue weighted by Gasteiger charge is -2.23. The molecule has 4 amide bonds. The van der Waals surface area contributed by atoms with Gasteiger partial charge in [0.2, 0.25) is 5.91 Å². The van der Waals surface area contributed by atoms with Crippen LogP contribution in [0.4, 0.5) is 4.79 Å². The van der Waals surface area contributed by atoms with Crippen molar-refractivity contribution >= 4 is 17.8 Å². The molecule has 3 unspecified atom stereocenters. The number of benzene rings is 1. The van der Waals surface area contributed by atoms with Crippen LogP contribution in [0.3, 0.4) is 0 Å². The molecule has 2 fully saturated rings. The molecule has 0 spiro atoms. The highest BCUT2D eigenvalue weighted by molar-refractivity contribution is 6.09. The van der Waals surface area contributed by atoms with Crippen LogP contribution in [0.15, 0.2) is 24.3 Å². The monoisotopic (exact) mass is 385 g/mol. The minimum Gasteiger partial charge on any atom is -0.352 e. The van der Waals surface area contributed by atoms with Gasteiger partial charge in [-0.15, -0.1) is 0 Å². The van der Waals surface area contributed by atoms with E-state index in [1.807, 2.05) is 31.2 Å². The highest BCUT2D eigenvalue weighted by Crippen LogP contribution is 2.31. The molecule has 0 radical (unpaired) electrons. The van der Waals surface area contributed by atoms with Gasteiger partial charge in [0.15, 0.2) is 0 Å². The maximum atomic E-state index is 13.0. The van der Waals surface area contributed by atoms with Crippen molar-refractivity contribution in [2.24, 2.45) is 5.92 Å². The average Bonchev–Trinajstić information content (AvgIpc) is 3.18. The summed E-state index contributed by atoms with van der Waals surface area (Å²) in [6.45, 7) is 5.59. The number of imide groups is 1. The van der Waals surface area contributed by atoms with Crippen LogP contribution in [0, 0.1) is 12.8 Å². The fraction of sp³-hybridized carbons (Fsp3) is 0.591. The van der Waals surface area contributed by atoms with Gasteiger partial charge in [-0.05, 0) is 44.6 Å². The number of nitrogens with one attached hydrogen (secondary N) is 2. The van der Waals surface area contributed by atoms with Crippen LogP contribution in [0.5, 0.6) is 0 Å². The van der Waals surface area contributed by atoms with Crippen LogP contribution in [0.25, 0.3) is 0 Å². The van der Waals surface area contributed by atoms with Crippen LogP contribution in [0.1, 0.15) is 63.5 Å². The largest absolute Gasteiger partial charge is 0.352 e. The second-order valence-corrected chi connectivity index (χ2v) is 8.32. The van der Waals surface area contributed by atoms with E-state index in [0.717, 1.165) is 48.1 Å². The van der Waals surface area contributed by atoms with Gasteiger partial charge in [-0.3, -0.25) is 14.5 Å². The molecule has 2 aliphatic rings. The standard InChI is InChI=1S/C22H31N3O3/c1-4-5-7-16-8-6-9-18(16)23-19(26)14-25-20(27)22(3,24-21(25)28)17-12-10-15(2)11-13-17/h10-13,16,18H,4-9,14H2,1-3H3,(H,23,26)(H,24,28). The quantitative estimate of drug-likeness (QED) is 0.707. The van der Waals surface area contributed by atoms with E-state index in [4.69, 9.17) is 0 Å². The molecule has 0 bridgehead atoms. The fourth-order valence-corrected chi connectivity index (χ4v) is 4.36. The molecule has 1 heterocycles. The number of rotatable bonds is 7. The van der Waals surface area contributed by atoms with Gasteiger partial charge in [0, 0.05) is 6.04 Å². The number of urea groups is 1. The smallest absolute Gasteiger partial charge is 0.325 e. The summed E-state index contributed by atoms with van der Waals surface area (Å²) in [6, 6.07) is 7.14. The maximum absolute atomic E-state index is 13.0. The van der Waals surface area contributed by atoms with E-state index in [-0.39, 0.29) is 24.4 Å². The number of carbonyl (C=O) groups is 3. The lowest BCUT2D eigenvalue weighted by atomic mass is 9.91. The van der Waals surface area contributed by atoms with Crippen molar-refractivity contribution in [3.63, 3.8) is 0 Å². The summed E-state index contributed by atoms with van der Waals surface area (Å²) in [6.07, 6.45) is 6.67. The zero-order valence-corrected chi connectivity index (χ0v) is 17.1. The number of hydrogen-bond acceptors (Lipinski definition) is 3. The minimum absolute atomic E-state index is 0.156. The molecule has 1 aliphatic heterocycles. The summed E-state index contributed by atoms with van der Waals surface area (Å²) in [4.78, 5) is 39.0. The topological polar surface area (TPSA) is 78.5 Å². The summed E-state index contributed by atoms with van der Waals surface area (Å²) in [5.41, 5.74) is 0.659. The molecule has 28 heavy (non-hydrogen) atoms. The van der Waals surface area contributed by atoms with E-state index >= 15 is 0 Å². The summed E-state index contributed by atoms with van der Waals surface area (Å²) in [5, 5.41) is 5.83. The summed E-state index contributed by atoms with van der Waals surface area (Å²) >= 11 is 0. The van der Waals surface area contributed by atoms with Gasteiger partial charge in [0.05, 0.1) is 0 Å². The molecule has 3 atom stereocenters. The van der Waals surface area contributed by atoms with Crippen molar-refractivity contribution in [2.75, 3.05) is 6.54 Å². The van der Waals surface area contributed by atoms with Gasteiger partial charge in [-0.2, -0.15) is 0 Å². The first-order valence-electron chi connectivity index (χ1n) is 10.4. The predicted octanol–water partition coefficient (Wildman–Crippen LogP) is 3.24. The highest BCUT2D eigenvalue weighted by Gasteiger charge is 2.49. The molecule has 1 aromatic rings. The van der Waals surface area contributed by atoms with Gasteiger partial charge in [0.25, 0.3) is 5.91 Å². The second kappa shape index (κ2) is 8.33. The van der Waals surface area contributed by atoms with Crippen LogP contribution >= 0.6 is 0 Å². The Morgan fingerprint density at radius 3 is 2.64 bits per heavy atom. The fourth-order valence-electron chi connectivity index (χ4n) is 4.36. The maximum Gasteiger partial charge on any atom is 0.325 e. The zero-order valence-electron chi connectivity index (χ0n) is 17.1. The Bertz CT molecular complexity index is 746. The summed E-state index contributed by atoms with van der Waals surface area (Å²) in [5.74, 6) is -0.139. The molecule has 3 rings (SSSR count). The van der Waals surface area contributed by atoms with Gasteiger partial charge in [-0.1, -0.05) is 56.0 Å². The molecular formula is C22H31N3O3. The Hall–Kier alpha value is -2.37. The predicted molar refractivity (Wildman–Crippen MR) is 108 cm³/mol. The Kier molecular flexibility index (Phi) is 6.06. The van der Waals surface area contributed by atoms with Gasteiger partial charge >= 0.3 is 6.03 Å². The minimum atomic E-state index is -1.14. The molecule has 6 heteroatoms. The van der Waals surface area contributed by atoms with E-state index < -0.39 is 11.6 Å². The lowest BCUT2D eigenvalue weighted by Crippen LogP contribution is -2.46. The Morgan fingerprint density at radius 2 is 1.96 bits per heavy atom. The van der Waals surface area contributed by atoms with Crippen molar-refractivity contribution in [1.82, 2.24) is 15.5 Å². The first-order chi connectivity index (χ1) is 13.3. The first kappa shape index (κ1) is 20.4. The van der Waals surface area contributed by atoms with Crippen LogP contribution in [-0.2, 0) is 15.1 Å². The normalized spacial score (nSPS) is 27.2. The van der Waals surface area contributed by atoms with Crippen molar-refractivity contribution in [1.29, 1.82) is 0 Å². The van der Waals surface area contributed by atoms with Crippen molar-refractivity contribution in [3.8, 4) is 0 Å². The number of unbranched alkanes of at least 4 members (excludes halogenated alkanes) is 1. The van der Waals surface area contributed by atoms with Crippen LogP contribution in [-0.4, -0.2) is 35.3 Å². The SMILES string of the molecule is CCCCC1CCCC1NC(=O)CN1C(=O)NC(C)(c2ccc(C)cc2)C1=O. The zero-order chi connectivity index (χ0) is 20.3. The molecule has 1 aliphatic carbocycles. The first-order valence-corrected chi connectivity index (χ1v) is 10.4. The van der Waals surface area contributed by atoms with E-state index in [2.05, 4.69) is 17.6 Å². The number of carbonyl (C=O) groups excluding carboxylic acids is 3. The number of hydrogen-bond donors (Lipinski definition) is 2. The lowest BCUT2D eigenvalue weighted by molar-refractivity contribution is -0.135. The van der Waals surface area contributed by atoms with Gasteiger partial charge < -0.3 is 10.6 Å². The van der Waals surface area contributed by atoms with Crippen molar-refractivity contribution < 1.29 is 14.4 Å². The third-order valence-corrected chi connectivity index (χ3v) is 6.14. The van der Waals surface area contributed by atoms with Gasteiger partial charge in [0.1, 0.15) is 12.1 Å². The highest BCUT2D eigenvalue weighted by atomic mass is 16.2. The Morgan fingerprint density at radius 1 is 1.25 bits per heavy atom. The molecule has 6 nitrogen and oxygen atoms in total. The molecule has 2 N–H and O–H groups in total. The van der Waals surface area contributed by atoms with Crippen molar-refractivity contribution in [3.05, 3.63) is 35.4 Å². The van der Waals surface area contributed by atoms with E-state index in [1.54, 1.807) is 6.92 Å². The molecule has 1 saturated carbocycles. The molecule has 152 valence electrons. The Labute approximate surface area is 167 Å². The summed E-state index contributed by atoms with van der Waals surface area (Å²) < 4.78 is 0. The summed E-state index contributed by atoms with van der Waals surface area (Å²) in [7, 11) is 0. The Balaban J connectivity index is 1.64. The average molecular weight is 386 g/mol. The van der Waals surface area contributed by atoms with Crippen molar-refractivity contribution in [2.45, 2.75) is 70.9 Å². The van der Waals surface area contributed by atoms with Crippen LogP contribution < -0.4 is 10.6 Å². The van der Waals surface area contributed by atoms with E-state index in [9.17, 15) is 14.4 Å². The number of aryl methyl sites for hydroxylation is 1. The number of nitrogens with zero attached hydrogens (tertiary/aromatic N) is 1. The van der Waals surface area contributed by atoms with E-state index in [0.29, 0.717) is 5.92 Å². The third-order valence-electron chi connectivity index (χ3n) is 6.14. The number of amides is 4. The molecule has 1 saturated heterocycles. The van der Waals surface area contributed by atoms with Gasteiger partial charge in [-0.25, -0.2) is 4.79 Å². The van der Waals surface area contributed by atoms with Crippen LogP contribution in [0.2, 0.25) is 0 Å². The second-order valence-electron chi connectivity index (χ2n) is 8.32. The third kappa shape index (κ3) is 4.05. The molecule has 1 aromatic carbocycles. The molecule has 0 aromatic heterocycles. The van der Waals surface area contributed by atoms with E-state index in [1.165, 1.54) is 6.42 Å².